The lowest BCUT2D eigenvalue weighted by molar-refractivity contribution is -0.382. The summed E-state index contributed by atoms with van der Waals surface area (Å²) in [5.74, 6) is 0. The zero-order chi connectivity index (χ0) is 14.7. The summed E-state index contributed by atoms with van der Waals surface area (Å²) in [6, 6.07) is 7.48. The molecule has 0 atom stereocenters. The van der Waals surface area contributed by atoms with E-state index in [1.54, 1.807) is 24.4 Å². The molecule has 1 saturated carbocycles. The first-order valence-corrected chi connectivity index (χ1v) is 7.54. The van der Waals surface area contributed by atoms with Crippen LogP contribution in [0.1, 0.15) is 38.5 Å². The van der Waals surface area contributed by atoms with Crippen LogP contribution >= 0.6 is 0 Å². The number of benzene rings is 1. The molecule has 0 aliphatic heterocycles. The molecule has 1 aliphatic rings. The number of aromatic nitrogens is 1. The molecule has 0 amide bonds. The molecule has 2 aromatic rings. The molecule has 0 spiro atoms. The lowest BCUT2D eigenvalue weighted by atomic mass is 10.1. The number of anilines is 1. The summed E-state index contributed by atoms with van der Waals surface area (Å²) in [5.41, 5.74) is 1.42. The zero-order valence-electron chi connectivity index (χ0n) is 11.9. The third-order valence-corrected chi connectivity index (χ3v) is 4.15. The van der Waals surface area contributed by atoms with Gasteiger partial charge in [-0.2, -0.15) is 0 Å². The van der Waals surface area contributed by atoms with E-state index in [1.807, 2.05) is 6.07 Å². The smallest absolute Gasteiger partial charge is 0.301 e. The second kappa shape index (κ2) is 6.08. The molecular formula is C16H19N3O2. The van der Waals surface area contributed by atoms with Crippen LogP contribution in [0.5, 0.6) is 0 Å². The van der Waals surface area contributed by atoms with E-state index in [9.17, 15) is 10.1 Å². The van der Waals surface area contributed by atoms with Gasteiger partial charge >= 0.3 is 5.69 Å². The Kier molecular flexibility index (Phi) is 3.99. The number of nitro groups is 1. The molecule has 1 fully saturated rings. The second-order valence-corrected chi connectivity index (χ2v) is 5.62. The average Bonchev–Trinajstić information content (AvgIpc) is 2.75. The fraction of sp³-hybridized carbons (Fsp3) is 0.438. The van der Waals surface area contributed by atoms with Gasteiger partial charge in [-0.1, -0.05) is 25.7 Å². The Labute approximate surface area is 123 Å². The van der Waals surface area contributed by atoms with Crippen LogP contribution in [0.3, 0.4) is 0 Å². The molecular weight excluding hydrogens is 266 g/mol. The number of fused-ring (bicyclic) bond motifs is 1. The van der Waals surface area contributed by atoms with E-state index in [0.29, 0.717) is 22.6 Å². The Morgan fingerprint density at radius 2 is 1.90 bits per heavy atom. The van der Waals surface area contributed by atoms with E-state index in [4.69, 9.17) is 0 Å². The molecule has 5 heteroatoms. The summed E-state index contributed by atoms with van der Waals surface area (Å²) in [5, 5.41) is 15.5. The standard InChI is InChI=1S/C16H19N3O2/c20-19(21)16-13-8-5-11-17-14(13)9-10-15(16)18-12-6-3-1-2-4-7-12/h5,8-12,18H,1-4,6-7H2. The quantitative estimate of drug-likeness (QED) is 0.519. The molecule has 21 heavy (non-hydrogen) atoms. The van der Waals surface area contributed by atoms with Gasteiger partial charge in [0.05, 0.1) is 15.8 Å². The highest BCUT2D eigenvalue weighted by molar-refractivity contribution is 5.94. The van der Waals surface area contributed by atoms with Gasteiger partial charge in [-0.15, -0.1) is 0 Å². The van der Waals surface area contributed by atoms with Gasteiger partial charge in [0.1, 0.15) is 5.69 Å². The predicted molar refractivity (Wildman–Crippen MR) is 83.5 cm³/mol. The molecule has 1 aliphatic carbocycles. The summed E-state index contributed by atoms with van der Waals surface area (Å²) in [6.07, 6.45) is 8.75. The SMILES string of the molecule is O=[N+]([O-])c1c(NC2CCCCCC2)ccc2ncccc12. The van der Waals surface area contributed by atoms with Crippen LogP contribution in [-0.2, 0) is 0 Å². The first-order valence-electron chi connectivity index (χ1n) is 7.54. The van der Waals surface area contributed by atoms with Crippen LogP contribution in [-0.4, -0.2) is 15.9 Å². The molecule has 0 radical (unpaired) electrons. The number of pyridine rings is 1. The van der Waals surface area contributed by atoms with E-state index in [2.05, 4.69) is 10.3 Å². The molecule has 1 N–H and O–H groups in total. The number of nitrogens with zero attached hydrogens (tertiary/aromatic N) is 2. The van der Waals surface area contributed by atoms with Gasteiger partial charge in [0, 0.05) is 12.2 Å². The first kappa shape index (κ1) is 13.8. The summed E-state index contributed by atoms with van der Waals surface area (Å²) in [7, 11) is 0. The molecule has 0 bridgehead atoms. The molecule has 0 unspecified atom stereocenters. The highest BCUT2D eigenvalue weighted by atomic mass is 16.6. The second-order valence-electron chi connectivity index (χ2n) is 5.62. The van der Waals surface area contributed by atoms with Gasteiger partial charge < -0.3 is 5.32 Å². The number of hydrogen-bond donors (Lipinski definition) is 1. The minimum Gasteiger partial charge on any atom is -0.377 e. The molecule has 1 aromatic carbocycles. The lowest BCUT2D eigenvalue weighted by Crippen LogP contribution is -2.19. The Bertz CT molecular complexity index is 649. The van der Waals surface area contributed by atoms with Gasteiger partial charge in [0.2, 0.25) is 0 Å². The number of nitrogens with one attached hydrogen (secondary N) is 1. The van der Waals surface area contributed by atoms with Crippen LogP contribution in [0.25, 0.3) is 10.9 Å². The van der Waals surface area contributed by atoms with Gasteiger partial charge in [-0.25, -0.2) is 0 Å². The number of hydrogen-bond acceptors (Lipinski definition) is 4. The van der Waals surface area contributed by atoms with E-state index >= 15 is 0 Å². The van der Waals surface area contributed by atoms with Crippen molar-refractivity contribution >= 4 is 22.3 Å². The maximum atomic E-state index is 11.5. The van der Waals surface area contributed by atoms with Gasteiger partial charge in [0.15, 0.2) is 0 Å². The highest BCUT2D eigenvalue weighted by Crippen LogP contribution is 2.34. The van der Waals surface area contributed by atoms with Crippen molar-refractivity contribution in [3.63, 3.8) is 0 Å². The Morgan fingerprint density at radius 3 is 2.62 bits per heavy atom. The first-order chi connectivity index (χ1) is 10.3. The van der Waals surface area contributed by atoms with Gasteiger partial charge in [-0.3, -0.25) is 15.1 Å². The average molecular weight is 285 g/mol. The van der Waals surface area contributed by atoms with Crippen LogP contribution in [0, 0.1) is 10.1 Å². The molecule has 110 valence electrons. The van der Waals surface area contributed by atoms with Crippen molar-refractivity contribution in [2.75, 3.05) is 5.32 Å². The van der Waals surface area contributed by atoms with E-state index in [0.717, 1.165) is 12.8 Å². The number of nitro benzene ring substituents is 1. The Morgan fingerprint density at radius 1 is 1.14 bits per heavy atom. The van der Waals surface area contributed by atoms with Gasteiger partial charge in [0.25, 0.3) is 0 Å². The third kappa shape index (κ3) is 2.96. The highest BCUT2D eigenvalue weighted by Gasteiger charge is 2.21. The zero-order valence-corrected chi connectivity index (χ0v) is 11.9. The van der Waals surface area contributed by atoms with Gasteiger partial charge in [-0.05, 0) is 37.1 Å². The Hall–Kier alpha value is -2.17. The molecule has 5 nitrogen and oxygen atoms in total. The monoisotopic (exact) mass is 285 g/mol. The maximum Gasteiger partial charge on any atom is 0.301 e. The van der Waals surface area contributed by atoms with Crippen molar-refractivity contribution < 1.29 is 4.92 Å². The topological polar surface area (TPSA) is 68.1 Å². The third-order valence-electron chi connectivity index (χ3n) is 4.15. The normalized spacial score (nSPS) is 16.6. The van der Waals surface area contributed by atoms with E-state index < -0.39 is 0 Å². The summed E-state index contributed by atoms with van der Waals surface area (Å²) in [6.45, 7) is 0. The van der Waals surface area contributed by atoms with Crippen LogP contribution in [0.4, 0.5) is 11.4 Å². The molecule has 1 aromatic heterocycles. The van der Waals surface area contributed by atoms with Crippen LogP contribution in [0.2, 0.25) is 0 Å². The minimum absolute atomic E-state index is 0.143. The van der Waals surface area contributed by atoms with Crippen molar-refractivity contribution in [1.82, 2.24) is 4.98 Å². The molecule has 1 heterocycles. The van der Waals surface area contributed by atoms with Crippen molar-refractivity contribution in [2.24, 2.45) is 0 Å². The maximum absolute atomic E-state index is 11.5. The minimum atomic E-state index is -0.303. The number of rotatable bonds is 3. The fourth-order valence-electron chi connectivity index (χ4n) is 3.09. The summed E-state index contributed by atoms with van der Waals surface area (Å²) in [4.78, 5) is 15.4. The largest absolute Gasteiger partial charge is 0.377 e. The Balaban J connectivity index is 1.97. The van der Waals surface area contributed by atoms with E-state index in [-0.39, 0.29) is 10.6 Å². The lowest BCUT2D eigenvalue weighted by Gasteiger charge is -2.18. The molecule has 0 saturated heterocycles. The van der Waals surface area contributed by atoms with E-state index in [1.165, 1.54) is 25.7 Å². The summed E-state index contributed by atoms with van der Waals surface area (Å²) >= 11 is 0. The fourth-order valence-corrected chi connectivity index (χ4v) is 3.09. The van der Waals surface area contributed by atoms with Crippen molar-refractivity contribution in [3.05, 3.63) is 40.6 Å². The summed E-state index contributed by atoms with van der Waals surface area (Å²) < 4.78 is 0. The van der Waals surface area contributed by atoms with Crippen molar-refractivity contribution in [2.45, 2.75) is 44.6 Å². The molecule has 3 rings (SSSR count). The van der Waals surface area contributed by atoms with Crippen molar-refractivity contribution in [3.8, 4) is 0 Å². The van der Waals surface area contributed by atoms with Crippen LogP contribution < -0.4 is 5.32 Å². The van der Waals surface area contributed by atoms with Crippen LogP contribution in [0.15, 0.2) is 30.5 Å². The predicted octanol–water partition coefficient (Wildman–Crippen LogP) is 4.28. The van der Waals surface area contributed by atoms with Crippen molar-refractivity contribution in [1.29, 1.82) is 0 Å².